The smallest absolute Gasteiger partial charge is 0.0344 e. The Labute approximate surface area is 120 Å². The molecule has 2 aliphatic rings. The third-order valence-electron chi connectivity index (χ3n) is 4.66. The van der Waals surface area contributed by atoms with E-state index in [0.717, 1.165) is 11.7 Å². The summed E-state index contributed by atoms with van der Waals surface area (Å²) in [5.41, 5.74) is 9.03. The average molecular weight is 276 g/mol. The molecule has 0 spiro atoms. The predicted octanol–water partition coefficient (Wildman–Crippen LogP) is 3.40. The first-order valence-corrected chi connectivity index (χ1v) is 8.70. The van der Waals surface area contributed by atoms with E-state index in [-0.39, 0.29) is 6.04 Å². The Bertz CT molecular complexity index is 435. The van der Waals surface area contributed by atoms with E-state index in [0.29, 0.717) is 12.1 Å². The maximum Gasteiger partial charge on any atom is 0.0344 e. The second kappa shape index (κ2) is 5.86. The molecule has 0 radical (unpaired) electrons. The first kappa shape index (κ1) is 13.5. The van der Waals surface area contributed by atoms with E-state index in [2.05, 4.69) is 35.8 Å². The Balaban J connectivity index is 1.68. The second-order valence-electron chi connectivity index (χ2n) is 5.91. The van der Waals surface area contributed by atoms with Gasteiger partial charge in [-0.3, -0.25) is 0 Å². The monoisotopic (exact) mass is 276 g/mol. The topological polar surface area (TPSA) is 38.0 Å². The summed E-state index contributed by atoms with van der Waals surface area (Å²) >= 11 is 2.03. The van der Waals surface area contributed by atoms with Crippen LogP contribution in [0.15, 0.2) is 24.3 Å². The van der Waals surface area contributed by atoms with Gasteiger partial charge in [0.15, 0.2) is 0 Å². The molecule has 1 aromatic carbocycles. The van der Waals surface area contributed by atoms with Crippen molar-refractivity contribution in [3.05, 3.63) is 35.4 Å². The molecule has 0 bridgehead atoms. The van der Waals surface area contributed by atoms with Gasteiger partial charge in [-0.15, -0.1) is 0 Å². The average Bonchev–Trinajstić information content (AvgIpc) is 2.76. The number of rotatable bonds is 3. The fourth-order valence-corrected chi connectivity index (χ4v) is 4.45. The summed E-state index contributed by atoms with van der Waals surface area (Å²) in [7, 11) is 0. The highest BCUT2D eigenvalue weighted by molar-refractivity contribution is 7.99. The molecule has 1 saturated carbocycles. The van der Waals surface area contributed by atoms with Crippen LogP contribution in [0.1, 0.15) is 55.3 Å². The van der Waals surface area contributed by atoms with Crippen LogP contribution in [-0.2, 0) is 0 Å². The number of hydrogen-bond donors (Lipinski definition) is 2. The molecule has 0 heterocycles. The molecule has 4 unspecified atom stereocenters. The van der Waals surface area contributed by atoms with Crippen molar-refractivity contribution in [3.63, 3.8) is 0 Å². The van der Waals surface area contributed by atoms with E-state index in [4.69, 9.17) is 5.73 Å². The molecule has 0 aliphatic heterocycles. The van der Waals surface area contributed by atoms with Crippen LogP contribution in [0.3, 0.4) is 0 Å². The summed E-state index contributed by atoms with van der Waals surface area (Å²) in [6.07, 6.45) is 8.69. The van der Waals surface area contributed by atoms with Gasteiger partial charge in [-0.2, -0.15) is 11.8 Å². The van der Waals surface area contributed by atoms with Crippen LogP contribution in [0.4, 0.5) is 0 Å². The van der Waals surface area contributed by atoms with Crippen LogP contribution in [-0.4, -0.2) is 17.5 Å². The number of thioether (sulfide) groups is 1. The lowest BCUT2D eigenvalue weighted by molar-refractivity contribution is 0.338. The molecule has 0 aromatic heterocycles. The minimum absolute atomic E-state index is 0.216. The van der Waals surface area contributed by atoms with Gasteiger partial charge in [0.25, 0.3) is 0 Å². The van der Waals surface area contributed by atoms with E-state index in [1.54, 1.807) is 0 Å². The van der Waals surface area contributed by atoms with Gasteiger partial charge in [0.05, 0.1) is 0 Å². The molecule has 19 heavy (non-hydrogen) atoms. The van der Waals surface area contributed by atoms with E-state index in [1.807, 2.05) is 11.8 Å². The lowest BCUT2D eigenvalue weighted by Gasteiger charge is -2.31. The molecule has 3 N–H and O–H groups in total. The van der Waals surface area contributed by atoms with Crippen molar-refractivity contribution in [1.29, 1.82) is 0 Å². The number of nitrogens with two attached hydrogens (primary N) is 1. The van der Waals surface area contributed by atoms with Gasteiger partial charge in [0, 0.05) is 23.4 Å². The summed E-state index contributed by atoms with van der Waals surface area (Å²) in [6, 6.07) is 10.0. The summed E-state index contributed by atoms with van der Waals surface area (Å²) < 4.78 is 0. The van der Waals surface area contributed by atoms with Crippen LogP contribution in [0, 0.1) is 0 Å². The van der Waals surface area contributed by atoms with Gasteiger partial charge < -0.3 is 11.1 Å². The first-order chi connectivity index (χ1) is 9.28. The van der Waals surface area contributed by atoms with Crippen molar-refractivity contribution in [3.8, 4) is 0 Å². The molecular weight excluding hydrogens is 252 g/mol. The lowest BCUT2D eigenvalue weighted by Crippen LogP contribution is -2.37. The third kappa shape index (κ3) is 2.83. The molecule has 0 amide bonds. The zero-order valence-corrected chi connectivity index (χ0v) is 12.5. The van der Waals surface area contributed by atoms with Crippen molar-refractivity contribution >= 4 is 11.8 Å². The minimum atomic E-state index is 0.216. The van der Waals surface area contributed by atoms with Gasteiger partial charge in [0.1, 0.15) is 0 Å². The number of benzene rings is 1. The summed E-state index contributed by atoms with van der Waals surface area (Å²) in [6.45, 7) is 0. The minimum Gasteiger partial charge on any atom is -0.324 e. The van der Waals surface area contributed by atoms with Crippen molar-refractivity contribution in [2.45, 2.75) is 55.5 Å². The second-order valence-corrected chi connectivity index (χ2v) is 7.05. The fraction of sp³-hybridized carbons (Fsp3) is 0.625. The molecule has 4 atom stereocenters. The molecule has 3 rings (SSSR count). The van der Waals surface area contributed by atoms with Crippen LogP contribution >= 0.6 is 11.8 Å². The Morgan fingerprint density at radius 1 is 1.16 bits per heavy atom. The molecule has 2 aliphatic carbocycles. The highest BCUT2D eigenvalue weighted by Crippen LogP contribution is 2.38. The van der Waals surface area contributed by atoms with Gasteiger partial charge in [0.2, 0.25) is 0 Å². The molecule has 2 nitrogen and oxygen atoms in total. The van der Waals surface area contributed by atoms with Gasteiger partial charge >= 0.3 is 0 Å². The van der Waals surface area contributed by atoms with Crippen LogP contribution in [0.25, 0.3) is 0 Å². The molecule has 104 valence electrons. The number of fused-ring (bicyclic) bond motifs is 1. The zero-order valence-electron chi connectivity index (χ0n) is 11.6. The highest BCUT2D eigenvalue weighted by Gasteiger charge is 2.31. The SMILES string of the molecule is CSC1CCCC(NC2CC(N)c3ccccc32)C1. The van der Waals surface area contributed by atoms with Crippen LogP contribution in [0.5, 0.6) is 0 Å². The third-order valence-corrected chi connectivity index (χ3v) is 5.75. The van der Waals surface area contributed by atoms with Crippen molar-refractivity contribution in [2.75, 3.05) is 6.26 Å². The Kier molecular flexibility index (Phi) is 4.15. The van der Waals surface area contributed by atoms with E-state index in [1.165, 1.54) is 36.8 Å². The Morgan fingerprint density at radius 3 is 2.74 bits per heavy atom. The maximum absolute atomic E-state index is 6.25. The molecule has 1 fully saturated rings. The molecule has 3 heteroatoms. The van der Waals surface area contributed by atoms with Crippen molar-refractivity contribution in [1.82, 2.24) is 5.32 Å². The first-order valence-electron chi connectivity index (χ1n) is 7.41. The standard InChI is InChI=1S/C16H24N2S/c1-19-12-6-4-5-11(9-12)18-16-10-15(17)13-7-2-3-8-14(13)16/h2-3,7-8,11-12,15-16,18H,4-6,9-10,17H2,1H3. The summed E-state index contributed by atoms with van der Waals surface area (Å²) in [5, 5.41) is 4.72. The van der Waals surface area contributed by atoms with E-state index in [9.17, 15) is 0 Å². The van der Waals surface area contributed by atoms with Gasteiger partial charge in [-0.25, -0.2) is 0 Å². The predicted molar refractivity (Wildman–Crippen MR) is 83.4 cm³/mol. The van der Waals surface area contributed by atoms with E-state index >= 15 is 0 Å². The van der Waals surface area contributed by atoms with E-state index < -0.39 is 0 Å². The molecule has 0 saturated heterocycles. The Morgan fingerprint density at radius 2 is 1.95 bits per heavy atom. The molecule has 1 aromatic rings. The maximum atomic E-state index is 6.25. The summed E-state index contributed by atoms with van der Waals surface area (Å²) in [5.74, 6) is 0. The van der Waals surface area contributed by atoms with Crippen molar-refractivity contribution < 1.29 is 0 Å². The summed E-state index contributed by atoms with van der Waals surface area (Å²) in [4.78, 5) is 0. The molecular formula is C16H24N2S. The van der Waals surface area contributed by atoms with Crippen LogP contribution in [0.2, 0.25) is 0 Å². The van der Waals surface area contributed by atoms with Gasteiger partial charge in [-0.05, 0) is 43.1 Å². The normalized spacial score (nSPS) is 34.2. The van der Waals surface area contributed by atoms with Crippen molar-refractivity contribution in [2.24, 2.45) is 5.73 Å². The number of hydrogen-bond acceptors (Lipinski definition) is 3. The fourth-order valence-electron chi connectivity index (χ4n) is 3.63. The zero-order chi connectivity index (χ0) is 13.2. The lowest BCUT2D eigenvalue weighted by atomic mass is 9.93. The largest absolute Gasteiger partial charge is 0.324 e. The van der Waals surface area contributed by atoms with Gasteiger partial charge in [-0.1, -0.05) is 30.7 Å². The highest BCUT2D eigenvalue weighted by atomic mass is 32.2. The number of nitrogens with one attached hydrogen (secondary N) is 1. The quantitative estimate of drug-likeness (QED) is 0.888. The Hall–Kier alpha value is -0.510. The van der Waals surface area contributed by atoms with Crippen LogP contribution < -0.4 is 11.1 Å².